The molecule has 0 unspecified atom stereocenters. The van der Waals surface area contributed by atoms with E-state index in [-0.39, 0.29) is 11.7 Å². The van der Waals surface area contributed by atoms with E-state index in [1.165, 1.54) is 11.8 Å². The first-order valence-electron chi connectivity index (χ1n) is 6.41. The van der Waals surface area contributed by atoms with E-state index in [9.17, 15) is 4.79 Å². The normalized spacial score (nSPS) is 11.2. The van der Waals surface area contributed by atoms with E-state index in [0.717, 1.165) is 18.8 Å². The molecule has 0 spiro atoms. The molecular formula is C12H21N3O3S. The van der Waals surface area contributed by atoms with E-state index < -0.39 is 5.97 Å². The lowest BCUT2D eigenvalue weighted by molar-refractivity contribution is -0.133. The number of rotatable bonds is 9. The summed E-state index contributed by atoms with van der Waals surface area (Å²) in [6.07, 6.45) is 0.867. The van der Waals surface area contributed by atoms with Gasteiger partial charge in [-0.25, -0.2) is 0 Å². The molecule has 0 atom stereocenters. The van der Waals surface area contributed by atoms with Crippen LogP contribution in [-0.2, 0) is 16.1 Å². The zero-order valence-electron chi connectivity index (χ0n) is 11.6. The smallest absolute Gasteiger partial charge is 0.313 e. The van der Waals surface area contributed by atoms with Crippen molar-refractivity contribution in [3.8, 4) is 0 Å². The lowest BCUT2D eigenvalue weighted by Crippen LogP contribution is -2.10. The zero-order chi connectivity index (χ0) is 14.3. The van der Waals surface area contributed by atoms with Gasteiger partial charge in [0.25, 0.3) is 0 Å². The molecule has 0 aliphatic carbocycles. The van der Waals surface area contributed by atoms with Crippen molar-refractivity contribution in [3.63, 3.8) is 0 Å². The van der Waals surface area contributed by atoms with Gasteiger partial charge < -0.3 is 14.4 Å². The number of hydrogen-bond donors (Lipinski definition) is 1. The molecule has 6 nitrogen and oxygen atoms in total. The van der Waals surface area contributed by atoms with Crippen LogP contribution in [-0.4, -0.2) is 44.8 Å². The van der Waals surface area contributed by atoms with E-state index >= 15 is 0 Å². The summed E-state index contributed by atoms with van der Waals surface area (Å²) >= 11 is 1.21. The molecule has 0 radical (unpaired) electrons. The minimum Gasteiger partial charge on any atom is -0.481 e. The summed E-state index contributed by atoms with van der Waals surface area (Å²) in [6.45, 7) is 8.22. The van der Waals surface area contributed by atoms with Crippen molar-refractivity contribution in [1.29, 1.82) is 0 Å². The minimum atomic E-state index is -0.847. The monoisotopic (exact) mass is 287 g/mol. The molecule has 7 heteroatoms. The van der Waals surface area contributed by atoms with Gasteiger partial charge in [-0.05, 0) is 13.3 Å². The van der Waals surface area contributed by atoms with E-state index in [4.69, 9.17) is 9.84 Å². The average molecular weight is 287 g/mol. The molecule has 108 valence electrons. The van der Waals surface area contributed by atoms with E-state index in [1.54, 1.807) is 0 Å². The molecule has 0 aliphatic rings. The Bertz CT molecular complexity index is 407. The molecule has 1 aromatic rings. The highest BCUT2D eigenvalue weighted by atomic mass is 32.2. The number of aromatic nitrogens is 3. The number of ether oxygens (including phenoxy) is 1. The van der Waals surface area contributed by atoms with Crippen molar-refractivity contribution < 1.29 is 14.6 Å². The molecule has 1 heterocycles. The maximum Gasteiger partial charge on any atom is 0.313 e. The summed E-state index contributed by atoms with van der Waals surface area (Å²) in [5.74, 6) is 0.310. The van der Waals surface area contributed by atoms with Crippen LogP contribution in [0.25, 0.3) is 0 Å². The van der Waals surface area contributed by atoms with Gasteiger partial charge in [-0.1, -0.05) is 25.6 Å². The molecule has 19 heavy (non-hydrogen) atoms. The Kier molecular flexibility index (Phi) is 6.86. The van der Waals surface area contributed by atoms with Gasteiger partial charge in [-0.2, -0.15) is 0 Å². The van der Waals surface area contributed by atoms with Gasteiger partial charge in [-0.15, -0.1) is 10.2 Å². The number of nitrogens with zero attached hydrogens (tertiary/aromatic N) is 3. The molecule has 0 bridgehead atoms. The summed E-state index contributed by atoms with van der Waals surface area (Å²) in [4.78, 5) is 10.6. The number of aliphatic carboxylic acids is 1. The summed E-state index contributed by atoms with van der Waals surface area (Å²) in [5.41, 5.74) is 0. The Hall–Kier alpha value is -1.08. The van der Waals surface area contributed by atoms with Crippen LogP contribution < -0.4 is 0 Å². The first-order chi connectivity index (χ1) is 9.06. The van der Waals surface area contributed by atoms with Crippen LogP contribution >= 0.6 is 11.8 Å². The van der Waals surface area contributed by atoms with Gasteiger partial charge in [0.2, 0.25) is 0 Å². The molecule has 0 amide bonds. The van der Waals surface area contributed by atoms with Gasteiger partial charge in [0.15, 0.2) is 5.16 Å². The van der Waals surface area contributed by atoms with Gasteiger partial charge in [-0.3, -0.25) is 4.79 Å². The maximum atomic E-state index is 10.6. The van der Waals surface area contributed by atoms with Crippen LogP contribution in [0.4, 0.5) is 0 Å². The van der Waals surface area contributed by atoms with Crippen molar-refractivity contribution in [2.45, 2.75) is 44.8 Å². The Balaban J connectivity index is 2.70. The van der Waals surface area contributed by atoms with Crippen molar-refractivity contribution in [3.05, 3.63) is 5.82 Å². The standard InChI is InChI=1S/C12H21N3O3S/c1-4-18-7-5-6-15-11(9(2)3)13-14-12(15)19-8-10(16)17/h9H,4-8H2,1-3H3,(H,16,17). The van der Waals surface area contributed by atoms with Crippen LogP contribution in [0.1, 0.15) is 38.9 Å². The van der Waals surface area contributed by atoms with Gasteiger partial charge in [0.1, 0.15) is 5.82 Å². The van der Waals surface area contributed by atoms with Crippen molar-refractivity contribution >= 4 is 17.7 Å². The van der Waals surface area contributed by atoms with Crippen LogP contribution in [0.5, 0.6) is 0 Å². The third kappa shape index (κ3) is 5.20. The quantitative estimate of drug-likeness (QED) is 0.553. The summed E-state index contributed by atoms with van der Waals surface area (Å²) < 4.78 is 7.31. The first-order valence-corrected chi connectivity index (χ1v) is 7.40. The first kappa shape index (κ1) is 16.0. The lowest BCUT2D eigenvalue weighted by Gasteiger charge is -2.11. The topological polar surface area (TPSA) is 77.2 Å². The maximum absolute atomic E-state index is 10.6. The largest absolute Gasteiger partial charge is 0.481 e. The molecule has 0 fully saturated rings. The lowest BCUT2D eigenvalue weighted by atomic mass is 10.2. The molecule has 0 saturated heterocycles. The number of carboxylic acid groups (broad SMARTS) is 1. The average Bonchev–Trinajstić information content (AvgIpc) is 2.75. The fraction of sp³-hybridized carbons (Fsp3) is 0.750. The Morgan fingerprint density at radius 1 is 1.47 bits per heavy atom. The summed E-state index contributed by atoms with van der Waals surface area (Å²) in [7, 11) is 0. The predicted molar refractivity (Wildman–Crippen MR) is 73.6 cm³/mol. The molecule has 1 N–H and O–H groups in total. The van der Waals surface area contributed by atoms with Crippen LogP contribution in [0.15, 0.2) is 5.16 Å². The second-order valence-corrected chi connectivity index (χ2v) is 5.32. The van der Waals surface area contributed by atoms with Crippen LogP contribution in [0.2, 0.25) is 0 Å². The van der Waals surface area contributed by atoms with E-state index in [2.05, 4.69) is 24.0 Å². The summed E-state index contributed by atoms with van der Waals surface area (Å²) in [5, 5.41) is 17.6. The Morgan fingerprint density at radius 3 is 2.79 bits per heavy atom. The minimum absolute atomic E-state index is 0.00168. The van der Waals surface area contributed by atoms with Gasteiger partial charge in [0.05, 0.1) is 5.75 Å². The van der Waals surface area contributed by atoms with Gasteiger partial charge >= 0.3 is 5.97 Å². The third-order valence-corrected chi connectivity index (χ3v) is 3.41. The third-order valence-electron chi connectivity index (χ3n) is 2.46. The number of thioether (sulfide) groups is 1. The molecule has 1 rings (SSSR count). The predicted octanol–water partition coefficient (Wildman–Crippen LogP) is 2.00. The second-order valence-electron chi connectivity index (χ2n) is 4.38. The fourth-order valence-corrected chi connectivity index (χ4v) is 2.33. The highest BCUT2D eigenvalue weighted by Crippen LogP contribution is 2.21. The van der Waals surface area contributed by atoms with Crippen LogP contribution in [0, 0.1) is 0 Å². The molecular weight excluding hydrogens is 266 g/mol. The number of carbonyl (C=O) groups is 1. The molecule has 0 aromatic carbocycles. The molecule has 0 aliphatic heterocycles. The van der Waals surface area contributed by atoms with E-state index in [1.807, 2.05) is 11.5 Å². The van der Waals surface area contributed by atoms with Crippen molar-refractivity contribution in [2.24, 2.45) is 0 Å². The highest BCUT2D eigenvalue weighted by Gasteiger charge is 2.15. The summed E-state index contributed by atoms with van der Waals surface area (Å²) in [6, 6.07) is 0. The second kappa shape index (κ2) is 8.16. The van der Waals surface area contributed by atoms with Crippen molar-refractivity contribution in [2.75, 3.05) is 19.0 Å². The number of carboxylic acids is 1. The van der Waals surface area contributed by atoms with Crippen molar-refractivity contribution in [1.82, 2.24) is 14.8 Å². The fourth-order valence-electron chi connectivity index (χ4n) is 1.64. The Morgan fingerprint density at radius 2 is 2.21 bits per heavy atom. The number of hydrogen-bond acceptors (Lipinski definition) is 5. The molecule has 1 aromatic heterocycles. The Labute approximate surface area is 117 Å². The van der Waals surface area contributed by atoms with Crippen LogP contribution in [0.3, 0.4) is 0 Å². The SMILES string of the molecule is CCOCCCn1c(SCC(=O)O)nnc1C(C)C. The van der Waals surface area contributed by atoms with Gasteiger partial charge in [0, 0.05) is 25.7 Å². The zero-order valence-corrected chi connectivity index (χ0v) is 12.4. The highest BCUT2D eigenvalue weighted by molar-refractivity contribution is 7.99. The van der Waals surface area contributed by atoms with E-state index in [0.29, 0.717) is 18.4 Å². The molecule has 0 saturated carbocycles.